The molecule has 0 saturated carbocycles. The van der Waals surface area contributed by atoms with Gasteiger partial charge in [0.1, 0.15) is 17.2 Å². The Morgan fingerprint density at radius 1 is 0.971 bits per heavy atom. The zero-order valence-electron chi connectivity index (χ0n) is 20.5. The minimum atomic E-state index is -3.98. The summed E-state index contributed by atoms with van der Waals surface area (Å²) in [7, 11) is -3.28. The van der Waals surface area contributed by atoms with Crippen molar-refractivity contribution in [1.82, 2.24) is 4.72 Å². The SMILES string of the molecule is COC(=O)[C@H](NS(=O)(=O)c1ccc2oc3cc(B4OC(C)(C)C(C)(C)O4)ccc3c2c1)C(C)C. The van der Waals surface area contributed by atoms with Crippen molar-refractivity contribution < 1.29 is 31.7 Å². The second kappa shape index (κ2) is 8.37. The third-order valence-electron chi connectivity index (χ3n) is 6.71. The molecule has 1 saturated heterocycles. The van der Waals surface area contributed by atoms with Crippen molar-refractivity contribution in [3.63, 3.8) is 0 Å². The summed E-state index contributed by atoms with van der Waals surface area (Å²) in [6, 6.07) is 9.25. The second-order valence-electron chi connectivity index (χ2n) is 9.97. The van der Waals surface area contributed by atoms with Crippen LogP contribution in [-0.4, -0.2) is 45.9 Å². The van der Waals surface area contributed by atoms with Gasteiger partial charge in [0.05, 0.1) is 23.2 Å². The van der Waals surface area contributed by atoms with E-state index in [0.29, 0.717) is 16.6 Å². The normalized spacial score (nSPS) is 18.6. The molecule has 1 aromatic heterocycles. The van der Waals surface area contributed by atoms with Crippen LogP contribution in [0, 0.1) is 5.92 Å². The van der Waals surface area contributed by atoms with Gasteiger partial charge in [0.2, 0.25) is 10.0 Å². The van der Waals surface area contributed by atoms with Crippen LogP contribution in [0.1, 0.15) is 41.5 Å². The molecule has 0 radical (unpaired) electrons. The fourth-order valence-electron chi connectivity index (χ4n) is 3.88. The number of carbonyl (C=O) groups is 1. The van der Waals surface area contributed by atoms with Gasteiger partial charge in [0.15, 0.2) is 0 Å². The standard InChI is InChI=1S/C24H30BNO7S/c1-14(2)21(22(27)30-7)26-34(28,29)16-9-11-19-18(13-16)17-10-8-15(12-20(17)31-19)25-32-23(3,4)24(5,6)33-25/h8-14,21,26H,1-7H3/t21-/m1/s1. The van der Waals surface area contributed by atoms with Crippen LogP contribution in [0.15, 0.2) is 45.7 Å². The number of nitrogens with one attached hydrogen (secondary N) is 1. The zero-order valence-corrected chi connectivity index (χ0v) is 21.3. The first-order chi connectivity index (χ1) is 15.8. The Morgan fingerprint density at radius 3 is 2.21 bits per heavy atom. The average molecular weight is 487 g/mol. The molecule has 0 spiro atoms. The third-order valence-corrected chi connectivity index (χ3v) is 8.15. The Balaban J connectivity index is 1.69. The first-order valence-electron chi connectivity index (χ1n) is 11.2. The predicted octanol–water partition coefficient (Wildman–Crippen LogP) is 3.36. The summed E-state index contributed by atoms with van der Waals surface area (Å²) in [6.07, 6.45) is 0. The number of ether oxygens (including phenoxy) is 1. The van der Waals surface area contributed by atoms with Crippen LogP contribution in [0.2, 0.25) is 0 Å². The minimum Gasteiger partial charge on any atom is -0.468 e. The van der Waals surface area contributed by atoms with Crippen LogP contribution in [0.3, 0.4) is 0 Å². The van der Waals surface area contributed by atoms with Gasteiger partial charge in [-0.05, 0) is 63.3 Å². The third kappa shape index (κ3) is 4.24. The monoisotopic (exact) mass is 487 g/mol. The van der Waals surface area contributed by atoms with Crippen LogP contribution in [0.4, 0.5) is 0 Å². The Labute approximate surface area is 200 Å². The smallest absolute Gasteiger partial charge is 0.468 e. The van der Waals surface area contributed by atoms with E-state index in [-0.39, 0.29) is 10.8 Å². The van der Waals surface area contributed by atoms with Gasteiger partial charge in [-0.15, -0.1) is 0 Å². The van der Waals surface area contributed by atoms with Crippen molar-refractivity contribution in [2.45, 2.75) is 63.7 Å². The fourth-order valence-corrected chi connectivity index (χ4v) is 5.24. The van der Waals surface area contributed by atoms with Gasteiger partial charge in [0.25, 0.3) is 0 Å². The lowest BCUT2D eigenvalue weighted by Gasteiger charge is -2.32. The minimum absolute atomic E-state index is 0.0345. The highest BCUT2D eigenvalue weighted by molar-refractivity contribution is 7.89. The van der Waals surface area contributed by atoms with Gasteiger partial charge in [-0.2, -0.15) is 4.72 Å². The highest BCUT2D eigenvalue weighted by Crippen LogP contribution is 2.37. The van der Waals surface area contributed by atoms with Crippen molar-refractivity contribution in [2.75, 3.05) is 7.11 Å². The number of methoxy groups -OCH3 is 1. The number of fused-ring (bicyclic) bond motifs is 3. The molecule has 8 nitrogen and oxygen atoms in total. The molecular weight excluding hydrogens is 457 g/mol. The van der Waals surface area contributed by atoms with Gasteiger partial charge in [-0.1, -0.05) is 26.0 Å². The van der Waals surface area contributed by atoms with E-state index in [4.69, 9.17) is 18.5 Å². The largest absolute Gasteiger partial charge is 0.494 e. The van der Waals surface area contributed by atoms with Crippen molar-refractivity contribution >= 4 is 50.5 Å². The van der Waals surface area contributed by atoms with E-state index >= 15 is 0 Å². The summed E-state index contributed by atoms with van der Waals surface area (Å²) in [4.78, 5) is 12.1. The molecule has 0 unspecified atom stereocenters. The molecule has 34 heavy (non-hydrogen) atoms. The van der Waals surface area contributed by atoms with Crippen LogP contribution in [0.25, 0.3) is 21.9 Å². The van der Waals surface area contributed by atoms with E-state index in [0.717, 1.165) is 10.8 Å². The van der Waals surface area contributed by atoms with Crippen LogP contribution in [0.5, 0.6) is 0 Å². The lowest BCUT2D eigenvalue weighted by atomic mass is 9.79. The highest BCUT2D eigenvalue weighted by Gasteiger charge is 2.51. The van der Waals surface area contributed by atoms with Gasteiger partial charge >= 0.3 is 13.1 Å². The van der Waals surface area contributed by atoms with E-state index in [2.05, 4.69) is 4.72 Å². The number of benzene rings is 2. The molecule has 0 amide bonds. The number of furan rings is 1. The Hall–Kier alpha value is -2.40. The average Bonchev–Trinajstić information content (AvgIpc) is 3.23. The molecule has 0 aliphatic carbocycles. The quantitative estimate of drug-likeness (QED) is 0.420. The summed E-state index contributed by atoms with van der Waals surface area (Å²) in [5.74, 6) is -0.919. The fraction of sp³-hybridized carbons (Fsp3) is 0.458. The lowest BCUT2D eigenvalue weighted by Crippen LogP contribution is -2.44. The highest BCUT2D eigenvalue weighted by atomic mass is 32.2. The Morgan fingerprint density at radius 2 is 1.62 bits per heavy atom. The molecule has 2 aromatic carbocycles. The summed E-state index contributed by atoms with van der Waals surface area (Å²) >= 11 is 0. The van der Waals surface area contributed by atoms with E-state index in [9.17, 15) is 13.2 Å². The Kier molecular flexibility index (Phi) is 6.09. The topological polar surface area (TPSA) is 104 Å². The molecular formula is C24H30BNO7S. The van der Waals surface area contributed by atoms with Gasteiger partial charge < -0.3 is 18.5 Å². The van der Waals surface area contributed by atoms with Crippen molar-refractivity contribution in [2.24, 2.45) is 5.92 Å². The number of carbonyl (C=O) groups excluding carboxylic acids is 1. The van der Waals surface area contributed by atoms with Crippen LogP contribution in [-0.2, 0) is 28.9 Å². The van der Waals surface area contributed by atoms with Crippen LogP contribution >= 0.6 is 0 Å². The lowest BCUT2D eigenvalue weighted by molar-refractivity contribution is -0.143. The van der Waals surface area contributed by atoms with Gasteiger partial charge in [-0.25, -0.2) is 8.42 Å². The number of hydrogen-bond acceptors (Lipinski definition) is 7. The molecule has 0 bridgehead atoms. The first-order valence-corrected chi connectivity index (χ1v) is 12.7. The zero-order chi connectivity index (χ0) is 25.1. The van der Waals surface area contributed by atoms with Crippen molar-refractivity contribution in [3.05, 3.63) is 36.4 Å². The molecule has 1 N–H and O–H groups in total. The van der Waals surface area contributed by atoms with Crippen molar-refractivity contribution in [3.8, 4) is 0 Å². The molecule has 1 atom stereocenters. The number of sulfonamides is 1. The van der Waals surface area contributed by atoms with E-state index in [1.165, 1.54) is 13.2 Å². The molecule has 1 fully saturated rings. The molecule has 1 aliphatic heterocycles. The van der Waals surface area contributed by atoms with E-state index in [1.807, 2.05) is 45.9 Å². The summed E-state index contributed by atoms with van der Waals surface area (Å²) in [5.41, 5.74) is 1.04. The first kappa shape index (κ1) is 24.7. The molecule has 182 valence electrons. The van der Waals surface area contributed by atoms with Crippen LogP contribution < -0.4 is 10.2 Å². The van der Waals surface area contributed by atoms with Gasteiger partial charge in [0, 0.05) is 10.8 Å². The van der Waals surface area contributed by atoms with Crippen molar-refractivity contribution in [1.29, 1.82) is 0 Å². The summed E-state index contributed by atoms with van der Waals surface area (Å²) < 4.78 is 51.5. The Bertz CT molecular complexity index is 1340. The summed E-state index contributed by atoms with van der Waals surface area (Å²) in [5, 5.41) is 1.42. The molecule has 4 rings (SSSR count). The number of rotatable bonds is 6. The molecule has 2 heterocycles. The number of esters is 1. The maximum atomic E-state index is 13.0. The second-order valence-corrected chi connectivity index (χ2v) is 11.7. The predicted molar refractivity (Wildman–Crippen MR) is 130 cm³/mol. The maximum Gasteiger partial charge on any atom is 0.494 e. The molecule has 3 aromatic rings. The molecule has 1 aliphatic rings. The van der Waals surface area contributed by atoms with E-state index < -0.39 is 40.4 Å². The van der Waals surface area contributed by atoms with E-state index in [1.54, 1.807) is 26.0 Å². The summed E-state index contributed by atoms with van der Waals surface area (Å²) in [6.45, 7) is 11.5. The number of hydrogen-bond donors (Lipinski definition) is 1. The molecule has 10 heteroatoms. The maximum absolute atomic E-state index is 13.0. The van der Waals surface area contributed by atoms with Gasteiger partial charge in [-0.3, -0.25) is 4.79 Å².